The van der Waals surface area contributed by atoms with Crippen molar-refractivity contribution in [1.29, 1.82) is 0 Å². The molecule has 10 heteroatoms. The summed E-state index contributed by atoms with van der Waals surface area (Å²) in [5.74, 6) is 3.40. The highest BCUT2D eigenvalue weighted by molar-refractivity contribution is 5.79. The number of aliphatic imine (C=N–C) groups is 1. The molecule has 0 atom stereocenters. The van der Waals surface area contributed by atoms with E-state index in [4.69, 9.17) is 14.3 Å². The molecule has 0 amide bonds. The molecule has 1 fully saturated rings. The Hall–Kier alpha value is -2.46. The summed E-state index contributed by atoms with van der Waals surface area (Å²) in [6, 6.07) is 0. The van der Waals surface area contributed by atoms with Gasteiger partial charge >= 0.3 is 0 Å². The topological polar surface area (TPSA) is 106 Å². The number of nitrogens with zero attached hydrogens (tertiary/aromatic N) is 6. The molecular weight excluding hydrogens is 384 g/mol. The standard InChI is InChI=1S/C20H34N8O2/c1-5-17-16(18(6-2)30-26-17)13-22-20(21-7-8-28-9-11-29-12-10-28)23-14-19-25-24-15(3)27(19)4/h5-14H2,1-4H3,(H2,21,22,23). The highest BCUT2D eigenvalue weighted by Crippen LogP contribution is 2.16. The molecule has 3 heterocycles. The summed E-state index contributed by atoms with van der Waals surface area (Å²) in [5, 5.41) is 19.4. The third-order valence-corrected chi connectivity index (χ3v) is 5.42. The van der Waals surface area contributed by atoms with Gasteiger partial charge in [0, 0.05) is 45.2 Å². The van der Waals surface area contributed by atoms with Crippen LogP contribution >= 0.6 is 0 Å². The van der Waals surface area contributed by atoms with Crippen LogP contribution in [0.15, 0.2) is 9.52 Å². The third-order valence-electron chi connectivity index (χ3n) is 5.42. The van der Waals surface area contributed by atoms with E-state index >= 15 is 0 Å². The number of nitrogens with one attached hydrogen (secondary N) is 2. The van der Waals surface area contributed by atoms with E-state index in [1.165, 1.54) is 0 Å². The van der Waals surface area contributed by atoms with E-state index in [2.05, 4.69) is 44.7 Å². The lowest BCUT2D eigenvalue weighted by Crippen LogP contribution is -2.44. The molecule has 2 aromatic rings. The van der Waals surface area contributed by atoms with Crippen LogP contribution in [0.1, 0.15) is 42.5 Å². The Morgan fingerprint density at radius 3 is 2.60 bits per heavy atom. The SMILES string of the molecule is CCc1noc(CC)c1CN=C(NCCN1CCOCC1)NCc1nnc(C)n1C. The van der Waals surface area contributed by atoms with Crippen LogP contribution in [0.5, 0.6) is 0 Å². The van der Waals surface area contributed by atoms with E-state index in [0.717, 1.165) is 86.9 Å². The Morgan fingerprint density at radius 1 is 1.13 bits per heavy atom. The van der Waals surface area contributed by atoms with Crippen molar-refractivity contribution in [3.8, 4) is 0 Å². The van der Waals surface area contributed by atoms with E-state index < -0.39 is 0 Å². The van der Waals surface area contributed by atoms with Gasteiger partial charge in [-0.25, -0.2) is 4.99 Å². The predicted octanol–water partition coefficient (Wildman–Crippen LogP) is 0.804. The fourth-order valence-electron chi connectivity index (χ4n) is 3.37. The Bertz CT molecular complexity index is 801. The molecule has 0 bridgehead atoms. The van der Waals surface area contributed by atoms with Crippen molar-refractivity contribution in [3.63, 3.8) is 0 Å². The summed E-state index contributed by atoms with van der Waals surface area (Å²) < 4.78 is 12.9. The van der Waals surface area contributed by atoms with Crippen molar-refractivity contribution in [2.24, 2.45) is 12.0 Å². The minimum atomic E-state index is 0.528. The van der Waals surface area contributed by atoms with Gasteiger partial charge in [-0.1, -0.05) is 19.0 Å². The van der Waals surface area contributed by atoms with Gasteiger partial charge in [0.15, 0.2) is 11.8 Å². The number of guanidine groups is 1. The highest BCUT2D eigenvalue weighted by Gasteiger charge is 2.14. The maximum atomic E-state index is 5.48. The first-order valence-corrected chi connectivity index (χ1v) is 10.8. The zero-order valence-electron chi connectivity index (χ0n) is 18.6. The van der Waals surface area contributed by atoms with Crippen LogP contribution in [-0.4, -0.2) is 70.2 Å². The smallest absolute Gasteiger partial charge is 0.192 e. The molecule has 2 aromatic heterocycles. The van der Waals surface area contributed by atoms with E-state index in [1.807, 2.05) is 18.5 Å². The first kappa shape index (κ1) is 22.2. The summed E-state index contributed by atoms with van der Waals surface area (Å²) in [6.45, 7) is 12.5. The molecule has 0 spiro atoms. The van der Waals surface area contributed by atoms with Gasteiger partial charge in [-0.05, 0) is 13.3 Å². The second kappa shape index (κ2) is 11.1. The molecule has 10 nitrogen and oxygen atoms in total. The Balaban J connectivity index is 1.65. The lowest BCUT2D eigenvalue weighted by molar-refractivity contribution is 0.0389. The van der Waals surface area contributed by atoms with Gasteiger partial charge in [0.05, 0.1) is 32.0 Å². The number of aromatic nitrogens is 4. The summed E-state index contributed by atoms with van der Waals surface area (Å²) in [6.07, 6.45) is 1.64. The van der Waals surface area contributed by atoms with Crippen molar-refractivity contribution < 1.29 is 9.26 Å². The van der Waals surface area contributed by atoms with Crippen molar-refractivity contribution >= 4 is 5.96 Å². The first-order valence-electron chi connectivity index (χ1n) is 10.8. The van der Waals surface area contributed by atoms with Crippen molar-refractivity contribution in [3.05, 3.63) is 28.7 Å². The number of ether oxygens (including phenoxy) is 1. The molecule has 0 saturated carbocycles. The number of aryl methyl sites for hydroxylation is 3. The Kier molecular flexibility index (Phi) is 8.21. The van der Waals surface area contributed by atoms with Gasteiger partial charge in [-0.3, -0.25) is 4.90 Å². The van der Waals surface area contributed by atoms with Crippen molar-refractivity contribution in [2.75, 3.05) is 39.4 Å². The second-order valence-electron chi connectivity index (χ2n) is 7.36. The van der Waals surface area contributed by atoms with Crippen LogP contribution in [-0.2, 0) is 37.7 Å². The molecule has 166 valence electrons. The summed E-state index contributed by atoms with van der Waals surface area (Å²) in [7, 11) is 1.97. The van der Waals surface area contributed by atoms with Crippen LogP contribution < -0.4 is 10.6 Å². The summed E-state index contributed by atoms with van der Waals surface area (Å²) in [4.78, 5) is 7.20. The van der Waals surface area contributed by atoms with Gasteiger partial charge in [0.25, 0.3) is 0 Å². The van der Waals surface area contributed by atoms with Gasteiger partial charge in [-0.2, -0.15) is 0 Å². The van der Waals surface area contributed by atoms with Gasteiger partial charge < -0.3 is 24.5 Å². The van der Waals surface area contributed by atoms with Crippen LogP contribution in [0.25, 0.3) is 0 Å². The lowest BCUT2D eigenvalue weighted by Gasteiger charge is -2.26. The second-order valence-corrected chi connectivity index (χ2v) is 7.36. The third kappa shape index (κ3) is 5.79. The van der Waals surface area contributed by atoms with E-state index in [-0.39, 0.29) is 0 Å². The van der Waals surface area contributed by atoms with Gasteiger partial charge in [0.2, 0.25) is 0 Å². The quantitative estimate of drug-likeness (QED) is 0.455. The minimum absolute atomic E-state index is 0.528. The number of rotatable bonds is 9. The Labute approximate surface area is 178 Å². The highest BCUT2D eigenvalue weighted by atomic mass is 16.5. The minimum Gasteiger partial charge on any atom is -0.379 e. The fraction of sp³-hybridized carbons (Fsp3) is 0.700. The molecule has 0 aliphatic carbocycles. The maximum Gasteiger partial charge on any atom is 0.192 e. The monoisotopic (exact) mass is 418 g/mol. The van der Waals surface area contributed by atoms with Crippen LogP contribution in [0.4, 0.5) is 0 Å². The molecule has 1 saturated heterocycles. The Morgan fingerprint density at radius 2 is 1.93 bits per heavy atom. The zero-order chi connectivity index (χ0) is 21.3. The van der Waals surface area contributed by atoms with Gasteiger partial charge in [0.1, 0.15) is 11.6 Å². The molecule has 30 heavy (non-hydrogen) atoms. The molecule has 1 aliphatic heterocycles. The molecule has 0 aromatic carbocycles. The molecule has 0 unspecified atom stereocenters. The fourth-order valence-corrected chi connectivity index (χ4v) is 3.37. The summed E-state index contributed by atoms with van der Waals surface area (Å²) >= 11 is 0. The average molecular weight is 419 g/mol. The van der Waals surface area contributed by atoms with Crippen molar-refractivity contribution in [1.82, 2.24) is 35.5 Å². The molecule has 0 radical (unpaired) electrons. The molecule has 1 aliphatic rings. The average Bonchev–Trinajstić information content (AvgIpc) is 3.32. The predicted molar refractivity (Wildman–Crippen MR) is 114 cm³/mol. The van der Waals surface area contributed by atoms with Crippen LogP contribution in [0.2, 0.25) is 0 Å². The van der Waals surface area contributed by atoms with E-state index in [0.29, 0.717) is 13.1 Å². The number of hydrogen-bond acceptors (Lipinski definition) is 7. The molecular formula is C20H34N8O2. The van der Waals surface area contributed by atoms with Crippen LogP contribution in [0.3, 0.4) is 0 Å². The lowest BCUT2D eigenvalue weighted by atomic mass is 10.1. The summed E-state index contributed by atoms with van der Waals surface area (Å²) in [5.41, 5.74) is 2.07. The first-order chi connectivity index (χ1) is 14.6. The van der Waals surface area contributed by atoms with Crippen molar-refractivity contribution in [2.45, 2.75) is 46.7 Å². The largest absolute Gasteiger partial charge is 0.379 e. The van der Waals surface area contributed by atoms with Crippen LogP contribution in [0, 0.1) is 6.92 Å². The van der Waals surface area contributed by atoms with E-state index in [9.17, 15) is 0 Å². The number of morpholine rings is 1. The molecule has 2 N–H and O–H groups in total. The van der Waals surface area contributed by atoms with Gasteiger partial charge in [-0.15, -0.1) is 10.2 Å². The maximum absolute atomic E-state index is 5.48. The zero-order valence-corrected chi connectivity index (χ0v) is 18.6. The number of hydrogen-bond donors (Lipinski definition) is 2. The molecule has 3 rings (SSSR count). The van der Waals surface area contributed by atoms with E-state index in [1.54, 1.807) is 0 Å². The normalized spacial score (nSPS) is 15.5.